The number of carbonyl (C=O) groups is 2. The molecular weight excluding hydrogens is 456 g/mol. The molecule has 188 valence electrons. The lowest BCUT2D eigenvalue weighted by Gasteiger charge is -2.40. The van der Waals surface area contributed by atoms with Crippen LogP contribution in [0.15, 0.2) is 41.3 Å². The molecule has 4 atom stereocenters. The van der Waals surface area contributed by atoms with E-state index < -0.39 is 53.7 Å². The highest BCUT2D eigenvalue weighted by Gasteiger charge is 2.60. The molecule has 1 aromatic carbocycles. The summed E-state index contributed by atoms with van der Waals surface area (Å²) in [4.78, 5) is 43.5. The van der Waals surface area contributed by atoms with Crippen LogP contribution in [0.25, 0.3) is 0 Å². The molecule has 0 saturated carbocycles. The third-order valence-electron chi connectivity index (χ3n) is 6.15. The Labute approximate surface area is 202 Å². The lowest BCUT2D eigenvalue weighted by molar-refractivity contribution is -0.139. The maximum absolute atomic E-state index is 13.0. The first-order chi connectivity index (χ1) is 16.4. The number of benzene rings is 1. The van der Waals surface area contributed by atoms with Gasteiger partial charge in [-0.2, -0.15) is 4.98 Å². The van der Waals surface area contributed by atoms with E-state index >= 15 is 0 Å². The van der Waals surface area contributed by atoms with E-state index in [-0.39, 0.29) is 18.9 Å². The van der Waals surface area contributed by atoms with E-state index in [1.165, 1.54) is 15.7 Å². The highest BCUT2D eigenvalue weighted by Crippen LogP contribution is 2.45. The van der Waals surface area contributed by atoms with Crippen molar-refractivity contribution in [2.24, 2.45) is 5.92 Å². The second kappa shape index (κ2) is 9.06. The summed E-state index contributed by atoms with van der Waals surface area (Å²) in [6.07, 6.45) is -1.23. The lowest BCUT2D eigenvalue weighted by Crippen LogP contribution is -2.60. The van der Waals surface area contributed by atoms with Crippen molar-refractivity contribution in [1.82, 2.24) is 14.5 Å². The molecule has 2 amide bonds. The number of amides is 2. The van der Waals surface area contributed by atoms with Crippen LogP contribution >= 0.6 is 0 Å². The summed E-state index contributed by atoms with van der Waals surface area (Å²) in [5.41, 5.74) is -1.99. The minimum atomic E-state index is -1.47. The number of carbonyl (C=O) groups excluding carboxylic acids is 2. The van der Waals surface area contributed by atoms with Crippen molar-refractivity contribution in [3.63, 3.8) is 0 Å². The molecule has 2 aromatic rings. The van der Waals surface area contributed by atoms with Crippen LogP contribution in [0.5, 0.6) is 0 Å². The van der Waals surface area contributed by atoms with Crippen LogP contribution in [0.1, 0.15) is 42.9 Å². The molecule has 2 aliphatic rings. The molecule has 3 N–H and O–H groups in total. The Morgan fingerprint density at radius 2 is 1.97 bits per heavy atom. The molecule has 2 bridgehead atoms. The van der Waals surface area contributed by atoms with Crippen LogP contribution in [0.4, 0.5) is 10.6 Å². The predicted molar refractivity (Wildman–Crippen MR) is 125 cm³/mol. The van der Waals surface area contributed by atoms with Gasteiger partial charge in [-0.1, -0.05) is 18.2 Å². The number of piperidine rings is 1. The van der Waals surface area contributed by atoms with Crippen molar-refractivity contribution >= 4 is 17.8 Å². The number of nitrogens with zero attached hydrogens (tertiary/aromatic N) is 3. The number of aromatic nitrogens is 2. The number of aliphatic hydroxyl groups is 2. The summed E-state index contributed by atoms with van der Waals surface area (Å²) in [6, 6.07) is 8.53. The van der Waals surface area contributed by atoms with Gasteiger partial charge in [0.15, 0.2) is 0 Å². The fourth-order valence-electron chi connectivity index (χ4n) is 4.46. The van der Waals surface area contributed by atoms with E-state index in [0.717, 1.165) is 0 Å². The molecule has 4 rings (SSSR count). The zero-order chi connectivity index (χ0) is 25.5. The van der Waals surface area contributed by atoms with Crippen molar-refractivity contribution in [1.29, 1.82) is 0 Å². The molecule has 3 heterocycles. The van der Waals surface area contributed by atoms with Crippen LogP contribution in [-0.4, -0.2) is 73.7 Å². The van der Waals surface area contributed by atoms with Crippen molar-refractivity contribution in [2.45, 2.75) is 51.2 Å². The van der Waals surface area contributed by atoms with Gasteiger partial charge in [0.05, 0.1) is 25.2 Å². The van der Waals surface area contributed by atoms with Gasteiger partial charge in [0.25, 0.3) is 5.91 Å². The predicted octanol–water partition coefficient (Wildman–Crippen LogP) is 1.29. The first-order valence-electron chi connectivity index (χ1n) is 11.3. The maximum Gasteiger partial charge on any atom is 0.410 e. The van der Waals surface area contributed by atoms with Crippen molar-refractivity contribution in [2.75, 3.05) is 25.0 Å². The van der Waals surface area contributed by atoms with E-state index in [1.807, 2.05) is 0 Å². The number of rotatable bonds is 4. The molecular formula is C24H30N4O7. The first-order valence-corrected chi connectivity index (χ1v) is 11.3. The molecule has 0 unspecified atom stereocenters. The number of hydrogen-bond donors (Lipinski definition) is 3. The van der Waals surface area contributed by atoms with E-state index in [9.17, 15) is 24.6 Å². The van der Waals surface area contributed by atoms with Gasteiger partial charge in [-0.3, -0.25) is 9.36 Å². The van der Waals surface area contributed by atoms with Crippen LogP contribution in [0.2, 0.25) is 0 Å². The Balaban J connectivity index is 1.60. The van der Waals surface area contributed by atoms with Crippen LogP contribution in [0, 0.1) is 12.8 Å². The molecule has 2 saturated heterocycles. The van der Waals surface area contributed by atoms with Gasteiger partial charge in [0, 0.05) is 23.9 Å². The summed E-state index contributed by atoms with van der Waals surface area (Å²) in [5, 5.41) is 23.7. The topological polar surface area (TPSA) is 143 Å². The highest BCUT2D eigenvalue weighted by molar-refractivity contribution is 6.04. The largest absolute Gasteiger partial charge is 0.444 e. The van der Waals surface area contributed by atoms with Gasteiger partial charge in [-0.15, -0.1) is 0 Å². The number of ether oxygens (including phenoxy) is 2. The molecule has 11 nitrogen and oxygen atoms in total. The van der Waals surface area contributed by atoms with Crippen molar-refractivity contribution in [3.05, 3.63) is 58.1 Å². The van der Waals surface area contributed by atoms with Gasteiger partial charge in [-0.05, 0) is 39.8 Å². The van der Waals surface area contributed by atoms with Crippen molar-refractivity contribution < 1.29 is 29.3 Å². The van der Waals surface area contributed by atoms with Gasteiger partial charge < -0.3 is 29.9 Å². The normalized spacial score (nSPS) is 25.9. The second-order valence-electron chi connectivity index (χ2n) is 9.98. The fraction of sp³-hybridized carbons (Fsp3) is 0.500. The minimum absolute atomic E-state index is 0.0560. The fourth-order valence-corrected chi connectivity index (χ4v) is 4.46. The van der Waals surface area contributed by atoms with Gasteiger partial charge in [0.1, 0.15) is 23.2 Å². The lowest BCUT2D eigenvalue weighted by atomic mass is 9.85. The molecule has 11 heteroatoms. The highest BCUT2D eigenvalue weighted by atomic mass is 16.6. The third-order valence-corrected chi connectivity index (χ3v) is 6.15. The number of likely N-dealkylation sites (tertiary alicyclic amines) is 1. The zero-order valence-electron chi connectivity index (χ0n) is 20.1. The number of hydrogen-bond acceptors (Lipinski definition) is 8. The van der Waals surface area contributed by atoms with E-state index in [0.29, 0.717) is 11.1 Å². The molecule has 2 aliphatic heterocycles. The van der Waals surface area contributed by atoms with Gasteiger partial charge in [-0.25, -0.2) is 9.59 Å². The Morgan fingerprint density at radius 1 is 1.29 bits per heavy atom. The van der Waals surface area contributed by atoms with Crippen LogP contribution in [0.3, 0.4) is 0 Å². The molecule has 35 heavy (non-hydrogen) atoms. The summed E-state index contributed by atoms with van der Waals surface area (Å²) in [6.45, 7) is 6.30. The number of anilines is 1. The quantitative estimate of drug-likeness (QED) is 0.587. The maximum atomic E-state index is 13.0. The summed E-state index contributed by atoms with van der Waals surface area (Å²) >= 11 is 0. The van der Waals surface area contributed by atoms with E-state index in [1.54, 1.807) is 58.0 Å². The Kier molecular flexibility index (Phi) is 6.43. The molecule has 0 aliphatic carbocycles. The number of aryl methyl sites for hydroxylation is 1. The van der Waals surface area contributed by atoms with E-state index in [2.05, 4.69) is 10.3 Å². The van der Waals surface area contributed by atoms with Gasteiger partial charge in [0.2, 0.25) is 0 Å². The second-order valence-corrected chi connectivity index (χ2v) is 9.98. The number of nitrogens with one attached hydrogen (secondary N) is 1. The smallest absolute Gasteiger partial charge is 0.410 e. The number of aliphatic hydroxyl groups excluding tert-OH is 2. The molecule has 2 fully saturated rings. The summed E-state index contributed by atoms with van der Waals surface area (Å²) < 4.78 is 12.7. The molecule has 0 spiro atoms. The third kappa shape index (κ3) is 4.79. The average molecular weight is 487 g/mol. The van der Waals surface area contributed by atoms with E-state index in [4.69, 9.17) is 9.47 Å². The SMILES string of the molecule is Cc1cn([C@@H]2O[C@@]3(CO)CN(C(=O)OC(C)(C)C)C[C@@H]2[C@@H]3O)c(=O)nc1NC(=O)c1ccccc1. The standard InChI is InChI=1S/C24H30N4O7/c1-14-10-28(21(32)26-18(14)25-19(31)15-8-6-5-7-9-15)20-16-11-27(22(33)35-23(2,3)4)12-24(13-29,34-20)17(16)30/h5-10,16-17,20,29-30H,11-13H2,1-4H3,(H,25,26,31,32)/t16-,17+,20-,24-/m1/s1. The Bertz CT molecular complexity index is 1180. The van der Waals surface area contributed by atoms with Crippen molar-refractivity contribution in [3.8, 4) is 0 Å². The monoisotopic (exact) mass is 486 g/mol. The summed E-state index contributed by atoms with van der Waals surface area (Å²) in [5.74, 6) is -1.02. The van der Waals surface area contributed by atoms with Gasteiger partial charge >= 0.3 is 11.8 Å². The average Bonchev–Trinajstić information content (AvgIpc) is 2.95. The minimum Gasteiger partial charge on any atom is -0.444 e. The zero-order valence-corrected chi connectivity index (χ0v) is 20.1. The van der Waals surface area contributed by atoms with Crippen LogP contribution < -0.4 is 11.0 Å². The molecule has 1 aromatic heterocycles. The first kappa shape index (κ1) is 24.8. The number of fused-ring (bicyclic) bond motifs is 2. The summed E-state index contributed by atoms with van der Waals surface area (Å²) in [7, 11) is 0. The van der Waals surface area contributed by atoms with Crippen LogP contribution in [-0.2, 0) is 9.47 Å². The Morgan fingerprint density at radius 3 is 2.60 bits per heavy atom. The Hall–Kier alpha value is -3.28. The molecule has 0 radical (unpaired) electrons.